The second kappa shape index (κ2) is 5.59. The van der Waals surface area contributed by atoms with Crippen molar-refractivity contribution in [1.82, 2.24) is 0 Å². The van der Waals surface area contributed by atoms with Gasteiger partial charge in [0, 0.05) is 18.8 Å². The van der Waals surface area contributed by atoms with E-state index >= 15 is 0 Å². The minimum absolute atomic E-state index is 0.146. The van der Waals surface area contributed by atoms with Crippen LogP contribution in [0, 0.1) is 34.5 Å². The van der Waals surface area contributed by atoms with Gasteiger partial charge in [-0.05, 0) is 73.3 Å². The number of allylic oxidation sites excluding steroid dienone is 3. The highest BCUT2D eigenvalue weighted by Gasteiger charge is 2.61. The van der Waals surface area contributed by atoms with E-state index in [0.717, 1.165) is 38.5 Å². The number of halogens is 1. The Morgan fingerprint density at radius 2 is 1.96 bits per heavy atom. The molecule has 0 amide bonds. The summed E-state index contributed by atoms with van der Waals surface area (Å²) in [5.41, 5.74) is -0.118. The molecule has 1 N–H and O–H groups in total. The third-order valence-corrected chi connectivity index (χ3v) is 8.02. The molecule has 1 unspecified atom stereocenters. The Kier molecular flexibility index (Phi) is 3.82. The minimum Gasteiger partial charge on any atom is -0.513 e. The van der Waals surface area contributed by atoms with E-state index in [-0.39, 0.29) is 22.6 Å². The average molecular weight is 348 g/mol. The molecule has 0 heterocycles. The Labute approximate surface area is 149 Å². The molecule has 0 aliphatic heterocycles. The molecular weight excluding hydrogens is 319 g/mol. The van der Waals surface area contributed by atoms with Crippen molar-refractivity contribution in [3.05, 3.63) is 23.7 Å². The van der Waals surface area contributed by atoms with Gasteiger partial charge in [0.05, 0.1) is 5.76 Å². The van der Waals surface area contributed by atoms with Crippen LogP contribution in [-0.2, 0) is 9.53 Å². The second-order valence-electron chi connectivity index (χ2n) is 9.23. The van der Waals surface area contributed by atoms with E-state index in [9.17, 15) is 14.3 Å². The summed E-state index contributed by atoms with van der Waals surface area (Å²) in [4.78, 5) is 11.5. The summed E-state index contributed by atoms with van der Waals surface area (Å²) in [5.74, 6) is 1.47. The Balaban J connectivity index is 1.65. The van der Waals surface area contributed by atoms with Crippen molar-refractivity contribution in [2.24, 2.45) is 34.5 Å². The van der Waals surface area contributed by atoms with E-state index < -0.39 is 12.1 Å². The summed E-state index contributed by atoms with van der Waals surface area (Å²) in [5, 5.41) is 9.96. The van der Waals surface area contributed by atoms with E-state index in [4.69, 9.17) is 4.74 Å². The van der Waals surface area contributed by atoms with Gasteiger partial charge in [0.2, 0.25) is 0 Å². The quantitative estimate of drug-likeness (QED) is 0.672. The lowest BCUT2D eigenvalue weighted by Crippen LogP contribution is -2.53. The van der Waals surface area contributed by atoms with Gasteiger partial charge in [-0.2, -0.15) is 0 Å². The lowest BCUT2D eigenvalue weighted by atomic mass is 9.46. The number of ether oxygens (including phenoxy) is 1. The third-order valence-electron chi connectivity index (χ3n) is 8.02. The highest BCUT2D eigenvalue weighted by atomic mass is 19.1. The van der Waals surface area contributed by atoms with Crippen molar-refractivity contribution in [2.75, 3.05) is 0 Å². The van der Waals surface area contributed by atoms with Gasteiger partial charge in [-0.25, -0.2) is 4.39 Å². The van der Waals surface area contributed by atoms with Crippen LogP contribution in [0.3, 0.4) is 0 Å². The molecule has 4 aliphatic carbocycles. The van der Waals surface area contributed by atoms with Gasteiger partial charge in [0.15, 0.2) is 6.10 Å². The average Bonchev–Trinajstić information content (AvgIpc) is 2.79. The number of carbonyl (C=O) groups is 1. The monoisotopic (exact) mass is 348 g/mol. The molecule has 0 aromatic carbocycles. The number of aliphatic hydroxyl groups is 1. The van der Waals surface area contributed by atoms with Crippen LogP contribution in [-0.4, -0.2) is 17.2 Å². The molecule has 2 saturated carbocycles. The maximum Gasteiger partial charge on any atom is 0.303 e. The number of rotatable bonds is 1. The molecule has 0 spiro atoms. The van der Waals surface area contributed by atoms with E-state index in [2.05, 4.69) is 19.9 Å². The number of aliphatic hydroxyl groups excluding tert-OH is 1. The fourth-order valence-corrected chi connectivity index (χ4v) is 6.67. The highest BCUT2D eigenvalue weighted by molar-refractivity contribution is 5.66. The first-order valence-electron chi connectivity index (χ1n) is 9.70. The van der Waals surface area contributed by atoms with Crippen molar-refractivity contribution < 1.29 is 19.0 Å². The van der Waals surface area contributed by atoms with Crippen molar-refractivity contribution in [1.29, 1.82) is 0 Å². The van der Waals surface area contributed by atoms with Crippen LogP contribution >= 0.6 is 0 Å². The summed E-state index contributed by atoms with van der Waals surface area (Å²) in [6, 6.07) is 0. The molecule has 4 rings (SSSR count). The predicted octanol–water partition coefficient (Wildman–Crippen LogP) is 5.09. The summed E-state index contributed by atoms with van der Waals surface area (Å²) in [7, 11) is 0. The fourth-order valence-electron chi connectivity index (χ4n) is 6.67. The van der Waals surface area contributed by atoms with E-state index in [1.165, 1.54) is 6.92 Å². The zero-order valence-electron chi connectivity index (χ0n) is 15.4. The zero-order chi connectivity index (χ0) is 18.0. The maximum absolute atomic E-state index is 14.7. The highest BCUT2D eigenvalue weighted by Crippen LogP contribution is 2.65. The normalized spacial score (nSPS) is 48.6. The molecule has 7 atom stereocenters. The van der Waals surface area contributed by atoms with Crippen molar-refractivity contribution >= 4 is 5.97 Å². The molecular formula is C21H29FO3. The molecule has 3 nitrogen and oxygen atoms in total. The van der Waals surface area contributed by atoms with Crippen LogP contribution < -0.4 is 0 Å². The maximum atomic E-state index is 14.7. The molecule has 0 saturated heterocycles. The first kappa shape index (κ1) is 17.1. The summed E-state index contributed by atoms with van der Waals surface area (Å²) in [6.45, 7) is 5.84. The first-order valence-corrected chi connectivity index (χ1v) is 9.70. The van der Waals surface area contributed by atoms with Gasteiger partial charge in [-0.15, -0.1) is 0 Å². The second-order valence-corrected chi connectivity index (χ2v) is 9.23. The Bertz CT molecular complexity index is 654. The van der Waals surface area contributed by atoms with E-state index in [1.54, 1.807) is 6.08 Å². The van der Waals surface area contributed by atoms with Gasteiger partial charge < -0.3 is 9.84 Å². The van der Waals surface area contributed by atoms with Gasteiger partial charge >= 0.3 is 5.97 Å². The summed E-state index contributed by atoms with van der Waals surface area (Å²) >= 11 is 0. The van der Waals surface area contributed by atoms with Gasteiger partial charge in [0.25, 0.3) is 0 Å². The largest absolute Gasteiger partial charge is 0.513 e. The van der Waals surface area contributed by atoms with Gasteiger partial charge in [-0.3, -0.25) is 4.79 Å². The molecule has 0 bridgehead atoms. The van der Waals surface area contributed by atoms with Crippen molar-refractivity contribution in [2.45, 2.75) is 65.4 Å². The van der Waals surface area contributed by atoms with Crippen LogP contribution in [0.25, 0.3) is 0 Å². The molecule has 0 aromatic heterocycles. The fraction of sp³-hybridized carbons (Fsp3) is 0.762. The predicted molar refractivity (Wildman–Crippen MR) is 93.3 cm³/mol. The smallest absolute Gasteiger partial charge is 0.303 e. The topological polar surface area (TPSA) is 46.5 Å². The molecule has 4 aliphatic rings. The van der Waals surface area contributed by atoms with Crippen LogP contribution in [0.5, 0.6) is 0 Å². The van der Waals surface area contributed by atoms with Crippen LogP contribution in [0.4, 0.5) is 4.39 Å². The number of hydrogen-bond acceptors (Lipinski definition) is 3. The Hall–Kier alpha value is -1.32. The summed E-state index contributed by atoms with van der Waals surface area (Å²) < 4.78 is 20.1. The number of carbonyl (C=O) groups excluding carboxylic acids is 1. The van der Waals surface area contributed by atoms with Crippen molar-refractivity contribution in [3.8, 4) is 0 Å². The van der Waals surface area contributed by atoms with Gasteiger partial charge in [0.1, 0.15) is 5.83 Å². The lowest BCUT2D eigenvalue weighted by molar-refractivity contribution is -0.159. The number of hydrogen-bond donors (Lipinski definition) is 1. The SMILES string of the molecule is CC(=O)O[C@H]1C(F)=C[C@H]2[C@@H]3CCC4C=C(O)CC[C@]4(C)[C@H]3CC[C@]12C. The molecule has 0 aromatic rings. The molecule has 4 heteroatoms. The lowest BCUT2D eigenvalue weighted by Gasteiger charge is -2.59. The molecule has 2 fully saturated rings. The molecule has 138 valence electrons. The molecule has 25 heavy (non-hydrogen) atoms. The van der Waals surface area contributed by atoms with E-state index in [0.29, 0.717) is 23.5 Å². The van der Waals surface area contributed by atoms with E-state index in [1.807, 2.05) is 0 Å². The Morgan fingerprint density at radius 1 is 1.20 bits per heavy atom. The molecule has 0 radical (unpaired) electrons. The minimum atomic E-state index is -0.711. The van der Waals surface area contributed by atoms with Crippen LogP contribution in [0.2, 0.25) is 0 Å². The van der Waals surface area contributed by atoms with Crippen LogP contribution in [0.15, 0.2) is 23.7 Å². The number of fused-ring (bicyclic) bond motifs is 5. The zero-order valence-corrected chi connectivity index (χ0v) is 15.4. The first-order chi connectivity index (χ1) is 11.8. The standard InChI is InChI=1S/C21H29FO3/c1-12(23)25-19-18(22)11-17-15-5-4-13-10-14(24)6-8-20(13,2)16(15)7-9-21(17,19)3/h10-11,13,15-17,19,24H,4-9H2,1-3H3/t13?,15-,16+,17+,19+,20+,21+/m1/s1. The summed E-state index contributed by atoms with van der Waals surface area (Å²) in [6.07, 6.45) is 8.98. The third kappa shape index (κ3) is 2.39. The van der Waals surface area contributed by atoms with Gasteiger partial charge in [-0.1, -0.05) is 13.8 Å². The Morgan fingerprint density at radius 3 is 2.68 bits per heavy atom. The number of esters is 1. The van der Waals surface area contributed by atoms with Crippen molar-refractivity contribution in [3.63, 3.8) is 0 Å². The van der Waals surface area contributed by atoms with Crippen LogP contribution in [0.1, 0.15) is 59.3 Å².